The summed E-state index contributed by atoms with van der Waals surface area (Å²) >= 11 is 0. The third-order valence-electron chi connectivity index (χ3n) is 2.76. The van der Waals surface area contributed by atoms with Crippen molar-refractivity contribution in [1.29, 1.82) is 0 Å². The van der Waals surface area contributed by atoms with Crippen molar-refractivity contribution in [2.45, 2.75) is 40.0 Å². The highest BCUT2D eigenvalue weighted by atomic mass is 16.5. The van der Waals surface area contributed by atoms with Gasteiger partial charge in [-0.15, -0.1) is 0 Å². The first-order chi connectivity index (χ1) is 8.34. The highest BCUT2D eigenvalue weighted by Gasteiger charge is 2.12. The van der Waals surface area contributed by atoms with E-state index >= 15 is 0 Å². The molecule has 0 aliphatic carbocycles. The maximum absolute atomic E-state index is 11.5. The van der Waals surface area contributed by atoms with Gasteiger partial charge < -0.3 is 4.74 Å². The van der Waals surface area contributed by atoms with E-state index in [1.807, 2.05) is 25.1 Å². The van der Waals surface area contributed by atoms with Gasteiger partial charge in [-0.05, 0) is 36.5 Å². The summed E-state index contributed by atoms with van der Waals surface area (Å²) in [5.41, 5.74) is 3.08. The third kappa shape index (κ3) is 4.02. The molecule has 0 amide bonds. The molecule has 98 valence electrons. The highest BCUT2D eigenvalue weighted by Crippen LogP contribution is 2.22. The largest absolute Gasteiger partial charge is 0.463 e. The third-order valence-corrected chi connectivity index (χ3v) is 2.76. The molecule has 0 unspecified atom stereocenters. The second-order valence-corrected chi connectivity index (χ2v) is 5.42. The van der Waals surface area contributed by atoms with Crippen molar-refractivity contribution in [2.24, 2.45) is 0 Å². The van der Waals surface area contributed by atoms with Gasteiger partial charge in [0, 0.05) is 5.57 Å². The molecule has 0 aliphatic heterocycles. The van der Waals surface area contributed by atoms with Gasteiger partial charge >= 0.3 is 5.97 Å². The first kappa shape index (κ1) is 14.5. The molecule has 0 heterocycles. The Morgan fingerprint density at radius 1 is 1.22 bits per heavy atom. The SMILES string of the molecule is CCOC(=O)/C(C)=C/c1ccc(C(C)(C)C)cc1. The summed E-state index contributed by atoms with van der Waals surface area (Å²) in [5, 5.41) is 0. The molecule has 1 aromatic carbocycles. The van der Waals surface area contributed by atoms with Gasteiger partial charge in [0.25, 0.3) is 0 Å². The fourth-order valence-corrected chi connectivity index (χ4v) is 1.63. The van der Waals surface area contributed by atoms with Crippen molar-refractivity contribution in [3.8, 4) is 0 Å². The van der Waals surface area contributed by atoms with Gasteiger partial charge in [0.05, 0.1) is 6.61 Å². The second-order valence-electron chi connectivity index (χ2n) is 5.42. The van der Waals surface area contributed by atoms with Gasteiger partial charge in [0.2, 0.25) is 0 Å². The van der Waals surface area contributed by atoms with Gasteiger partial charge in [-0.25, -0.2) is 4.79 Å². The Labute approximate surface area is 110 Å². The number of rotatable bonds is 3. The standard InChI is InChI=1S/C16H22O2/c1-6-18-15(17)12(2)11-13-7-9-14(10-8-13)16(3,4)5/h7-11H,6H2,1-5H3/b12-11+. The molecule has 0 saturated heterocycles. The van der Waals surface area contributed by atoms with E-state index in [0.717, 1.165) is 5.56 Å². The quantitative estimate of drug-likeness (QED) is 0.596. The fraction of sp³-hybridized carbons (Fsp3) is 0.438. The van der Waals surface area contributed by atoms with Crippen LogP contribution in [0.4, 0.5) is 0 Å². The van der Waals surface area contributed by atoms with Gasteiger partial charge in [0.15, 0.2) is 0 Å². The van der Waals surface area contributed by atoms with E-state index in [4.69, 9.17) is 4.74 Å². The molecular formula is C16H22O2. The van der Waals surface area contributed by atoms with Gasteiger partial charge in [0.1, 0.15) is 0 Å². The number of carbonyl (C=O) groups is 1. The van der Waals surface area contributed by atoms with Gasteiger partial charge in [-0.3, -0.25) is 0 Å². The lowest BCUT2D eigenvalue weighted by atomic mass is 9.86. The molecule has 18 heavy (non-hydrogen) atoms. The first-order valence-electron chi connectivity index (χ1n) is 6.30. The molecule has 0 N–H and O–H groups in total. The number of hydrogen-bond donors (Lipinski definition) is 0. The summed E-state index contributed by atoms with van der Waals surface area (Å²) in [6.45, 7) is 10.5. The Balaban J connectivity index is 2.87. The molecule has 0 spiro atoms. The Morgan fingerprint density at radius 3 is 2.22 bits per heavy atom. The summed E-state index contributed by atoms with van der Waals surface area (Å²) in [6, 6.07) is 8.27. The van der Waals surface area contributed by atoms with Crippen LogP contribution >= 0.6 is 0 Å². The first-order valence-corrected chi connectivity index (χ1v) is 6.30. The monoisotopic (exact) mass is 246 g/mol. The van der Waals surface area contributed by atoms with E-state index in [0.29, 0.717) is 12.2 Å². The van der Waals surface area contributed by atoms with Crippen molar-refractivity contribution in [2.75, 3.05) is 6.61 Å². The maximum Gasteiger partial charge on any atom is 0.333 e. The minimum absolute atomic E-state index is 0.151. The predicted octanol–water partition coefficient (Wildman–Crippen LogP) is 3.95. The molecule has 0 aromatic heterocycles. The van der Waals surface area contributed by atoms with E-state index in [1.165, 1.54) is 5.56 Å². The van der Waals surface area contributed by atoms with Crippen LogP contribution in [0.5, 0.6) is 0 Å². The van der Waals surface area contributed by atoms with E-state index in [-0.39, 0.29) is 11.4 Å². The summed E-state index contributed by atoms with van der Waals surface area (Å²) in [6.07, 6.45) is 1.85. The summed E-state index contributed by atoms with van der Waals surface area (Å²) in [4.78, 5) is 11.5. The normalized spacial score (nSPS) is 12.4. The average molecular weight is 246 g/mol. The zero-order valence-electron chi connectivity index (χ0n) is 11.9. The number of esters is 1. The lowest BCUT2D eigenvalue weighted by molar-refractivity contribution is -0.138. The fourth-order valence-electron chi connectivity index (χ4n) is 1.63. The van der Waals surface area contributed by atoms with E-state index in [1.54, 1.807) is 6.92 Å². The van der Waals surface area contributed by atoms with E-state index in [9.17, 15) is 4.79 Å². The molecule has 0 radical (unpaired) electrons. The van der Waals surface area contributed by atoms with Crippen molar-refractivity contribution in [1.82, 2.24) is 0 Å². The molecule has 0 aliphatic rings. The zero-order chi connectivity index (χ0) is 13.8. The number of carbonyl (C=O) groups excluding carboxylic acids is 1. The smallest absolute Gasteiger partial charge is 0.333 e. The molecule has 0 atom stereocenters. The second kappa shape index (κ2) is 5.85. The Kier molecular flexibility index (Phi) is 4.71. The van der Waals surface area contributed by atoms with Crippen LogP contribution in [0.15, 0.2) is 29.8 Å². The molecule has 0 fully saturated rings. The van der Waals surface area contributed by atoms with E-state index < -0.39 is 0 Å². The Morgan fingerprint density at radius 2 is 1.78 bits per heavy atom. The van der Waals surface area contributed by atoms with Gasteiger partial charge in [-0.1, -0.05) is 45.0 Å². The van der Waals surface area contributed by atoms with Gasteiger partial charge in [-0.2, -0.15) is 0 Å². The summed E-state index contributed by atoms with van der Waals surface area (Å²) < 4.78 is 4.95. The van der Waals surface area contributed by atoms with Crippen LogP contribution in [0.2, 0.25) is 0 Å². The molecule has 1 rings (SSSR count). The van der Waals surface area contributed by atoms with Crippen LogP contribution < -0.4 is 0 Å². The Bertz CT molecular complexity index is 433. The average Bonchev–Trinajstić information content (AvgIpc) is 2.28. The van der Waals surface area contributed by atoms with Crippen LogP contribution in [0, 0.1) is 0 Å². The van der Waals surface area contributed by atoms with E-state index in [2.05, 4.69) is 32.9 Å². The lowest BCUT2D eigenvalue weighted by Gasteiger charge is -2.18. The Hall–Kier alpha value is -1.57. The molecule has 2 heteroatoms. The molecule has 0 bridgehead atoms. The molecule has 1 aromatic rings. The van der Waals surface area contributed by atoms with Crippen LogP contribution in [-0.4, -0.2) is 12.6 Å². The molecular weight excluding hydrogens is 224 g/mol. The lowest BCUT2D eigenvalue weighted by Crippen LogP contribution is -2.10. The van der Waals surface area contributed by atoms with Crippen molar-refractivity contribution >= 4 is 12.0 Å². The molecule has 2 nitrogen and oxygen atoms in total. The predicted molar refractivity (Wildman–Crippen MR) is 75.4 cm³/mol. The van der Waals surface area contributed by atoms with Crippen molar-refractivity contribution in [3.63, 3.8) is 0 Å². The minimum Gasteiger partial charge on any atom is -0.463 e. The topological polar surface area (TPSA) is 26.3 Å². The van der Waals surface area contributed by atoms with Crippen molar-refractivity contribution in [3.05, 3.63) is 41.0 Å². The van der Waals surface area contributed by atoms with Crippen LogP contribution in [0.1, 0.15) is 45.7 Å². The summed E-state index contributed by atoms with van der Waals surface area (Å²) in [5.74, 6) is -0.252. The number of benzene rings is 1. The number of ether oxygens (including phenoxy) is 1. The van der Waals surface area contributed by atoms with Crippen LogP contribution in [0.3, 0.4) is 0 Å². The van der Waals surface area contributed by atoms with Crippen LogP contribution in [-0.2, 0) is 14.9 Å². The summed E-state index contributed by atoms with van der Waals surface area (Å²) in [7, 11) is 0. The minimum atomic E-state index is -0.252. The van der Waals surface area contributed by atoms with Crippen LogP contribution in [0.25, 0.3) is 6.08 Å². The zero-order valence-corrected chi connectivity index (χ0v) is 11.9. The number of hydrogen-bond acceptors (Lipinski definition) is 2. The highest BCUT2D eigenvalue weighted by molar-refractivity contribution is 5.92. The molecule has 0 saturated carbocycles. The maximum atomic E-state index is 11.5. The van der Waals surface area contributed by atoms with Crippen molar-refractivity contribution < 1.29 is 9.53 Å².